The van der Waals surface area contributed by atoms with E-state index in [9.17, 15) is 4.79 Å². The fourth-order valence-electron chi connectivity index (χ4n) is 4.92. The van der Waals surface area contributed by atoms with Crippen molar-refractivity contribution in [2.75, 3.05) is 13.1 Å². The summed E-state index contributed by atoms with van der Waals surface area (Å²) in [5.74, 6) is 2.16. The highest BCUT2D eigenvalue weighted by Gasteiger charge is 2.34. The van der Waals surface area contributed by atoms with E-state index in [0.717, 1.165) is 44.1 Å². The molecule has 0 N–H and O–H groups in total. The Labute approximate surface area is 152 Å². The minimum atomic E-state index is 0.151. The van der Waals surface area contributed by atoms with Crippen LogP contribution in [-0.2, 0) is 19.6 Å². The molecular formula is C21H24N4O. The number of aryl methyl sites for hydroxylation is 1. The molecule has 5 nitrogen and oxygen atoms in total. The highest BCUT2D eigenvalue weighted by atomic mass is 16.1. The molecule has 1 aromatic carbocycles. The van der Waals surface area contributed by atoms with Gasteiger partial charge in [-0.2, -0.15) is 0 Å². The lowest BCUT2D eigenvalue weighted by Crippen LogP contribution is -2.46. The van der Waals surface area contributed by atoms with Crippen LogP contribution < -0.4 is 5.56 Å². The average molecular weight is 348 g/mol. The zero-order chi connectivity index (χ0) is 17.7. The van der Waals surface area contributed by atoms with E-state index in [1.807, 2.05) is 10.6 Å². The van der Waals surface area contributed by atoms with Gasteiger partial charge in [-0.1, -0.05) is 18.2 Å². The second-order valence-electron chi connectivity index (χ2n) is 7.65. The van der Waals surface area contributed by atoms with Crippen LogP contribution in [-0.4, -0.2) is 32.1 Å². The minimum Gasteiger partial charge on any atom is -0.327 e. The van der Waals surface area contributed by atoms with Gasteiger partial charge >= 0.3 is 0 Å². The first-order valence-electron chi connectivity index (χ1n) is 9.59. The maximum atomic E-state index is 12.2. The highest BCUT2D eigenvalue weighted by Crippen LogP contribution is 2.35. The number of aromatic nitrogens is 3. The molecule has 0 saturated carbocycles. The summed E-state index contributed by atoms with van der Waals surface area (Å²) in [6.45, 7) is 6.91. The van der Waals surface area contributed by atoms with Crippen molar-refractivity contribution in [3.05, 3.63) is 64.3 Å². The normalized spacial score (nSPS) is 22.5. The van der Waals surface area contributed by atoms with E-state index in [2.05, 4.69) is 46.7 Å². The highest BCUT2D eigenvalue weighted by molar-refractivity contribution is 5.75. The molecule has 0 amide bonds. The van der Waals surface area contributed by atoms with Crippen LogP contribution in [0.5, 0.6) is 0 Å². The molecule has 5 heteroatoms. The van der Waals surface area contributed by atoms with Crippen LogP contribution in [0.2, 0.25) is 0 Å². The van der Waals surface area contributed by atoms with Gasteiger partial charge in [-0.3, -0.25) is 9.69 Å². The van der Waals surface area contributed by atoms with Gasteiger partial charge in [0.05, 0.1) is 17.6 Å². The predicted molar refractivity (Wildman–Crippen MR) is 102 cm³/mol. The number of para-hydroxylation sites is 2. The Kier molecular flexibility index (Phi) is 3.71. The number of hydrogen-bond donors (Lipinski definition) is 0. The number of imidazole rings is 1. The first kappa shape index (κ1) is 15.8. The molecule has 134 valence electrons. The molecule has 2 atom stereocenters. The standard InChI is InChI=1S/C21H24N4O/c1-2-24-19-7-4-3-6-17(19)22-20(24)14-23-11-15-10-16(13-23)18-8-5-9-21(26)25(18)12-15/h3-9,15-16H,2,10-14H2,1H3/t15-,16+/m0/s1. The largest absolute Gasteiger partial charge is 0.327 e. The number of pyridine rings is 1. The van der Waals surface area contributed by atoms with Crippen LogP contribution in [0.15, 0.2) is 47.3 Å². The zero-order valence-corrected chi connectivity index (χ0v) is 15.1. The van der Waals surface area contributed by atoms with Crippen molar-refractivity contribution in [1.82, 2.24) is 19.0 Å². The molecule has 0 radical (unpaired) electrons. The SMILES string of the molecule is CCn1c(CN2C[C@@H]3C[C@H](C2)c2cccc(=O)n2C3)nc2ccccc21. The molecule has 26 heavy (non-hydrogen) atoms. The molecular weight excluding hydrogens is 324 g/mol. The van der Waals surface area contributed by atoms with Crippen LogP contribution in [0, 0.1) is 5.92 Å². The molecule has 5 rings (SSSR count). The summed E-state index contributed by atoms with van der Waals surface area (Å²) >= 11 is 0. The van der Waals surface area contributed by atoms with Gasteiger partial charge in [0.1, 0.15) is 5.82 Å². The number of nitrogens with zero attached hydrogens (tertiary/aromatic N) is 4. The second kappa shape index (κ2) is 6.09. The molecule has 0 aliphatic carbocycles. The first-order chi connectivity index (χ1) is 12.7. The molecule has 1 saturated heterocycles. The van der Waals surface area contributed by atoms with E-state index in [1.54, 1.807) is 6.07 Å². The topological polar surface area (TPSA) is 43.1 Å². The Morgan fingerprint density at radius 1 is 1.08 bits per heavy atom. The third-order valence-corrected chi connectivity index (χ3v) is 5.97. The monoisotopic (exact) mass is 348 g/mol. The fraction of sp³-hybridized carbons (Fsp3) is 0.429. The van der Waals surface area contributed by atoms with E-state index >= 15 is 0 Å². The molecule has 0 unspecified atom stereocenters. The lowest BCUT2D eigenvalue weighted by atomic mass is 9.83. The van der Waals surface area contributed by atoms with Crippen molar-refractivity contribution in [1.29, 1.82) is 0 Å². The average Bonchev–Trinajstić information content (AvgIpc) is 2.99. The molecule has 3 aromatic rings. The quantitative estimate of drug-likeness (QED) is 0.731. The Bertz CT molecular complexity index is 1020. The van der Waals surface area contributed by atoms with Crippen molar-refractivity contribution in [2.45, 2.75) is 38.9 Å². The van der Waals surface area contributed by atoms with Gasteiger partial charge < -0.3 is 9.13 Å². The second-order valence-corrected chi connectivity index (χ2v) is 7.65. The van der Waals surface area contributed by atoms with Gasteiger partial charge in [-0.15, -0.1) is 0 Å². The van der Waals surface area contributed by atoms with E-state index in [0.29, 0.717) is 11.8 Å². The number of piperidine rings is 1. The molecule has 1 fully saturated rings. The van der Waals surface area contributed by atoms with Crippen LogP contribution >= 0.6 is 0 Å². The lowest BCUT2D eigenvalue weighted by molar-refractivity contribution is 0.111. The van der Waals surface area contributed by atoms with E-state index in [4.69, 9.17) is 4.98 Å². The summed E-state index contributed by atoms with van der Waals surface area (Å²) < 4.78 is 4.33. The molecule has 0 spiro atoms. The maximum absolute atomic E-state index is 12.2. The summed E-state index contributed by atoms with van der Waals surface area (Å²) in [7, 11) is 0. The zero-order valence-electron chi connectivity index (χ0n) is 15.1. The fourth-order valence-corrected chi connectivity index (χ4v) is 4.92. The Morgan fingerprint density at radius 2 is 1.96 bits per heavy atom. The van der Waals surface area contributed by atoms with Crippen LogP contribution in [0.1, 0.15) is 30.8 Å². The number of rotatable bonds is 3. The summed E-state index contributed by atoms with van der Waals surface area (Å²) in [5, 5.41) is 0. The molecule has 2 aliphatic heterocycles. The summed E-state index contributed by atoms with van der Waals surface area (Å²) in [6, 6.07) is 14.1. The third-order valence-electron chi connectivity index (χ3n) is 5.97. The molecule has 2 aliphatic rings. The molecule has 4 heterocycles. The van der Waals surface area contributed by atoms with Gasteiger partial charge in [-0.25, -0.2) is 4.98 Å². The van der Waals surface area contributed by atoms with E-state index < -0.39 is 0 Å². The van der Waals surface area contributed by atoms with Gasteiger partial charge in [0, 0.05) is 43.9 Å². The minimum absolute atomic E-state index is 0.151. The maximum Gasteiger partial charge on any atom is 0.250 e. The predicted octanol–water partition coefficient (Wildman–Crippen LogP) is 2.84. The number of fused-ring (bicyclic) bond motifs is 5. The van der Waals surface area contributed by atoms with Gasteiger partial charge in [-0.05, 0) is 37.5 Å². The van der Waals surface area contributed by atoms with Crippen LogP contribution in [0.25, 0.3) is 11.0 Å². The van der Waals surface area contributed by atoms with Crippen molar-refractivity contribution < 1.29 is 0 Å². The van der Waals surface area contributed by atoms with Gasteiger partial charge in [0.2, 0.25) is 0 Å². The van der Waals surface area contributed by atoms with Crippen LogP contribution in [0.3, 0.4) is 0 Å². The van der Waals surface area contributed by atoms with E-state index in [1.165, 1.54) is 17.6 Å². The lowest BCUT2D eigenvalue weighted by Gasteiger charge is -2.42. The Balaban J connectivity index is 1.44. The smallest absolute Gasteiger partial charge is 0.250 e. The third kappa shape index (κ3) is 2.50. The van der Waals surface area contributed by atoms with Gasteiger partial charge in [0.25, 0.3) is 5.56 Å². The first-order valence-corrected chi connectivity index (χ1v) is 9.59. The summed E-state index contributed by atoms with van der Waals surface area (Å²) in [5.41, 5.74) is 3.67. The Morgan fingerprint density at radius 3 is 2.85 bits per heavy atom. The molecule has 2 aromatic heterocycles. The number of benzene rings is 1. The summed E-state index contributed by atoms with van der Waals surface area (Å²) in [4.78, 5) is 19.6. The number of hydrogen-bond acceptors (Lipinski definition) is 3. The molecule has 2 bridgehead atoms. The van der Waals surface area contributed by atoms with Gasteiger partial charge in [0.15, 0.2) is 0 Å². The Hall–Kier alpha value is -2.40. The van der Waals surface area contributed by atoms with Crippen molar-refractivity contribution in [2.24, 2.45) is 5.92 Å². The van der Waals surface area contributed by atoms with Crippen molar-refractivity contribution >= 4 is 11.0 Å². The van der Waals surface area contributed by atoms with Crippen molar-refractivity contribution in [3.8, 4) is 0 Å². The van der Waals surface area contributed by atoms with Crippen LogP contribution in [0.4, 0.5) is 0 Å². The van der Waals surface area contributed by atoms with E-state index in [-0.39, 0.29) is 5.56 Å². The number of likely N-dealkylation sites (tertiary alicyclic amines) is 1. The van der Waals surface area contributed by atoms with Crippen molar-refractivity contribution in [3.63, 3.8) is 0 Å². The summed E-state index contributed by atoms with van der Waals surface area (Å²) in [6.07, 6.45) is 1.20.